The monoisotopic (exact) mass is 414 g/mol. The van der Waals surface area contributed by atoms with E-state index in [0.29, 0.717) is 26.1 Å². The minimum absolute atomic E-state index is 0.0172. The molecular formula is C17H17BrF2N2O3. The van der Waals surface area contributed by atoms with Crippen LogP contribution in [-0.4, -0.2) is 35.6 Å². The van der Waals surface area contributed by atoms with Gasteiger partial charge in [0.05, 0.1) is 29.0 Å². The SMILES string of the molecule is CCOC(=O)c1cnn(C2CCOCC2)c1-c1cc(F)c(Br)cc1F. The number of rotatable bonds is 4. The molecule has 0 bridgehead atoms. The van der Waals surface area contributed by atoms with Crippen LogP contribution in [0.5, 0.6) is 0 Å². The molecule has 8 heteroatoms. The molecule has 0 saturated carbocycles. The van der Waals surface area contributed by atoms with E-state index < -0.39 is 17.6 Å². The van der Waals surface area contributed by atoms with Crippen molar-refractivity contribution in [1.29, 1.82) is 0 Å². The zero-order valence-electron chi connectivity index (χ0n) is 13.6. The molecule has 0 spiro atoms. The molecule has 0 aliphatic carbocycles. The van der Waals surface area contributed by atoms with Gasteiger partial charge in [-0.05, 0) is 47.8 Å². The summed E-state index contributed by atoms with van der Waals surface area (Å²) in [5, 5.41) is 4.27. The fourth-order valence-corrected chi connectivity index (χ4v) is 3.21. The summed E-state index contributed by atoms with van der Waals surface area (Å²) in [4.78, 5) is 12.3. The Morgan fingerprint density at radius 1 is 1.36 bits per heavy atom. The predicted octanol–water partition coefficient (Wildman–Crippen LogP) is 4.12. The van der Waals surface area contributed by atoms with Crippen LogP contribution in [-0.2, 0) is 9.47 Å². The van der Waals surface area contributed by atoms with E-state index in [0.717, 1.165) is 12.1 Å². The lowest BCUT2D eigenvalue weighted by Gasteiger charge is -2.24. The molecule has 0 atom stereocenters. The molecule has 0 radical (unpaired) electrons. The molecule has 134 valence electrons. The number of esters is 1. The average Bonchev–Trinajstić information content (AvgIpc) is 3.04. The van der Waals surface area contributed by atoms with E-state index in [1.54, 1.807) is 11.6 Å². The second-order valence-electron chi connectivity index (χ2n) is 5.66. The smallest absolute Gasteiger partial charge is 0.341 e. The lowest BCUT2D eigenvalue weighted by molar-refractivity contribution is 0.0526. The highest BCUT2D eigenvalue weighted by Gasteiger charge is 2.28. The fourth-order valence-electron chi connectivity index (χ4n) is 2.90. The van der Waals surface area contributed by atoms with Crippen LogP contribution < -0.4 is 0 Å². The number of carbonyl (C=O) groups is 1. The summed E-state index contributed by atoms with van der Waals surface area (Å²) in [7, 11) is 0. The second kappa shape index (κ2) is 7.61. The number of aromatic nitrogens is 2. The molecule has 0 unspecified atom stereocenters. The van der Waals surface area contributed by atoms with Crippen molar-refractivity contribution in [2.45, 2.75) is 25.8 Å². The average molecular weight is 415 g/mol. The Morgan fingerprint density at radius 2 is 2.08 bits per heavy atom. The van der Waals surface area contributed by atoms with Crippen LogP contribution in [0, 0.1) is 11.6 Å². The van der Waals surface area contributed by atoms with Crippen molar-refractivity contribution in [2.24, 2.45) is 0 Å². The molecule has 1 saturated heterocycles. The van der Waals surface area contributed by atoms with Crippen LogP contribution in [0.15, 0.2) is 22.8 Å². The van der Waals surface area contributed by atoms with Crippen molar-refractivity contribution in [1.82, 2.24) is 9.78 Å². The number of benzene rings is 1. The number of carbonyl (C=O) groups excluding carboxylic acids is 1. The maximum absolute atomic E-state index is 14.6. The van der Waals surface area contributed by atoms with E-state index >= 15 is 0 Å². The van der Waals surface area contributed by atoms with E-state index in [-0.39, 0.29) is 33.9 Å². The van der Waals surface area contributed by atoms with Crippen LogP contribution in [0.25, 0.3) is 11.3 Å². The lowest BCUT2D eigenvalue weighted by Crippen LogP contribution is -2.21. The first-order chi connectivity index (χ1) is 12.0. The van der Waals surface area contributed by atoms with Gasteiger partial charge in [-0.2, -0.15) is 5.10 Å². The normalized spacial score (nSPS) is 15.4. The van der Waals surface area contributed by atoms with Gasteiger partial charge in [0, 0.05) is 18.8 Å². The molecule has 2 aromatic rings. The molecule has 1 fully saturated rings. The Bertz CT molecular complexity index is 788. The Hall–Kier alpha value is -1.80. The fraction of sp³-hybridized carbons (Fsp3) is 0.412. The van der Waals surface area contributed by atoms with Crippen LogP contribution in [0.3, 0.4) is 0 Å². The lowest BCUT2D eigenvalue weighted by atomic mass is 10.0. The zero-order valence-corrected chi connectivity index (χ0v) is 15.2. The van der Waals surface area contributed by atoms with Crippen LogP contribution in [0.1, 0.15) is 36.2 Å². The topological polar surface area (TPSA) is 53.3 Å². The van der Waals surface area contributed by atoms with Crippen molar-refractivity contribution >= 4 is 21.9 Å². The molecular weight excluding hydrogens is 398 g/mol. The molecule has 5 nitrogen and oxygen atoms in total. The van der Waals surface area contributed by atoms with Crippen LogP contribution >= 0.6 is 15.9 Å². The quantitative estimate of drug-likeness (QED) is 0.557. The van der Waals surface area contributed by atoms with Crippen molar-refractivity contribution in [3.05, 3.63) is 40.0 Å². The van der Waals surface area contributed by atoms with Crippen LogP contribution in [0.2, 0.25) is 0 Å². The molecule has 2 heterocycles. The summed E-state index contributed by atoms with van der Waals surface area (Å²) in [6, 6.07) is 2.05. The number of nitrogens with zero attached hydrogens (tertiary/aromatic N) is 2. The van der Waals surface area contributed by atoms with Gasteiger partial charge in [0.25, 0.3) is 0 Å². The van der Waals surface area contributed by atoms with Gasteiger partial charge in [0.1, 0.15) is 17.2 Å². The van der Waals surface area contributed by atoms with Gasteiger partial charge < -0.3 is 9.47 Å². The first kappa shape index (κ1) is 18.0. The van der Waals surface area contributed by atoms with E-state index in [4.69, 9.17) is 9.47 Å². The summed E-state index contributed by atoms with van der Waals surface area (Å²) >= 11 is 2.97. The molecule has 1 aromatic heterocycles. The standard InChI is InChI=1S/C17H17BrF2N2O3/c1-2-25-17(23)12-9-21-22(10-3-5-24-6-4-10)16(12)11-7-15(20)13(18)8-14(11)19/h7-10H,2-6H2,1H3. The van der Waals surface area contributed by atoms with Crippen molar-refractivity contribution in [2.75, 3.05) is 19.8 Å². The maximum Gasteiger partial charge on any atom is 0.341 e. The van der Waals surface area contributed by atoms with Gasteiger partial charge in [-0.25, -0.2) is 13.6 Å². The summed E-state index contributed by atoms with van der Waals surface area (Å²) in [6.45, 7) is 2.96. The van der Waals surface area contributed by atoms with Crippen molar-refractivity contribution in [3.8, 4) is 11.3 Å². The molecule has 1 aromatic carbocycles. The minimum Gasteiger partial charge on any atom is -0.462 e. The van der Waals surface area contributed by atoms with Gasteiger partial charge in [0.2, 0.25) is 0 Å². The van der Waals surface area contributed by atoms with Gasteiger partial charge >= 0.3 is 5.97 Å². The zero-order chi connectivity index (χ0) is 18.0. The number of hydrogen-bond donors (Lipinski definition) is 0. The number of halogens is 3. The van der Waals surface area contributed by atoms with Crippen LogP contribution in [0.4, 0.5) is 8.78 Å². The Balaban J connectivity index is 2.15. The summed E-state index contributed by atoms with van der Waals surface area (Å²) in [6.07, 6.45) is 2.71. The van der Waals surface area contributed by atoms with E-state index in [1.807, 2.05) is 0 Å². The highest BCUT2D eigenvalue weighted by molar-refractivity contribution is 9.10. The van der Waals surface area contributed by atoms with Gasteiger partial charge in [-0.15, -0.1) is 0 Å². The molecule has 0 N–H and O–H groups in total. The highest BCUT2D eigenvalue weighted by atomic mass is 79.9. The number of ether oxygens (including phenoxy) is 2. The second-order valence-corrected chi connectivity index (χ2v) is 6.52. The largest absolute Gasteiger partial charge is 0.462 e. The summed E-state index contributed by atoms with van der Waals surface area (Å²) in [5.74, 6) is -1.88. The van der Waals surface area contributed by atoms with E-state index in [1.165, 1.54) is 6.20 Å². The highest BCUT2D eigenvalue weighted by Crippen LogP contribution is 2.34. The van der Waals surface area contributed by atoms with E-state index in [2.05, 4.69) is 21.0 Å². The molecule has 25 heavy (non-hydrogen) atoms. The predicted molar refractivity (Wildman–Crippen MR) is 90.3 cm³/mol. The molecule has 3 rings (SSSR count). The summed E-state index contributed by atoms with van der Waals surface area (Å²) < 4.78 is 40.6. The van der Waals surface area contributed by atoms with Crippen molar-refractivity contribution < 1.29 is 23.0 Å². The van der Waals surface area contributed by atoms with Crippen molar-refractivity contribution in [3.63, 3.8) is 0 Å². The van der Waals surface area contributed by atoms with E-state index in [9.17, 15) is 13.6 Å². The third-order valence-corrected chi connectivity index (χ3v) is 4.70. The number of hydrogen-bond acceptors (Lipinski definition) is 4. The molecule has 0 amide bonds. The third kappa shape index (κ3) is 3.59. The first-order valence-electron chi connectivity index (χ1n) is 8.00. The summed E-state index contributed by atoms with van der Waals surface area (Å²) in [5.41, 5.74) is 0.330. The third-order valence-electron chi connectivity index (χ3n) is 4.09. The molecule has 1 aliphatic rings. The van der Waals surface area contributed by atoms with Gasteiger partial charge in [-0.3, -0.25) is 4.68 Å². The van der Waals surface area contributed by atoms with Gasteiger partial charge in [-0.1, -0.05) is 0 Å². The Morgan fingerprint density at radius 3 is 2.76 bits per heavy atom. The first-order valence-corrected chi connectivity index (χ1v) is 8.79. The minimum atomic E-state index is -0.646. The molecule has 1 aliphatic heterocycles. The Kier molecular flexibility index (Phi) is 5.48. The Labute approximate surface area is 152 Å². The van der Waals surface area contributed by atoms with Gasteiger partial charge in [0.15, 0.2) is 0 Å². The maximum atomic E-state index is 14.6.